The van der Waals surface area contributed by atoms with Crippen molar-refractivity contribution in [2.24, 2.45) is 11.8 Å². The average Bonchev–Trinajstić information content (AvgIpc) is 2.85. The molecule has 1 aromatic rings. The molecular formula is C19H23BrN2O3. The minimum Gasteiger partial charge on any atom is -0.349 e. The molecule has 1 aliphatic heterocycles. The van der Waals surface area contributed by atoms with Crippen LogP contribution in [0.5, 0.6) is 0 Å². The molecule has 1 saturated heterocycles. The Balaban J connectivity index is 1.55. The molecule has 2 aliphatic rings. The van der Waals surface area contributed by atoms with Gasteiger partial charge in [0.05, 0.1) is 17.9 Å². The molecule has 1 N–H and O–H groups in total. The number of fused-ring (bicyclic) bond motifs is 1. The number of amides is 3. The summed E-state index contributed by atoms with van der Waals surface area (Å²) in [5.74, 6) is -0.617. The van der Waals surface area contributed by atoms with Crippen LogP contribution in [0.2, 0.25) is 0 Å². The third kappa shape index (κ3) is 3.78. The zero-order valence-electron chi connectivity index (χ0n) is 14.3. The van der Waals surface area contributed by atoms with Gasteiger partial charge >= 0.3 is 0 Å². The Bertz CT molecular complexity index is 667. The largest absolute Gasteiger partial charge is 0.349 e. The summed E-state index contributed by atoms with van der Waals surface area (Å²) in [6.45, 7) is 2.10. The molecule has 0 radical (unpaired) electrons. The van der Waals surface area contributed by atoms with E-state index in [1.807, 2.05) is 31.2 Å². The predicted molar refractivity (Wildman–Crippen MR) is 97.5 cm³/mol. The van der Waals surface area contributed by atoms with Gasteiger partial charge in [0.2, 0.25) is 17.7 Å². The number of halogens is 1. The second-order valence-electron chi connectivity index (χ2n) is 6.89. The van der Waals surface area contributed by atoms with Crippen LogP contribution in [0.15, 0.2) is 28.7 Å². The van der Waals surface area contributed by atoms with Crippen molar-refractivity contribution in [1.29, 1.82) is 0 Å². The van der Waals surface area contributed by atoms with Crippen molar-refractivity contribution in [3.05, 3.63) is 34.3 Å². The zero-order valence-corrected chi connectivity index (χ0v) is 15.9. The summed E-state index contributed by atoms with van der Waals surface area (Å²) in [6.07, 6.45) is 3.77. The first-order valence-corrected chi connectivity index (χ1v) is 9.67. The normalized spacial score (nSPS) is 24.2. The number of rotatable bonds is 5. The summed E-state index contributed by atoms with van der Waals surface area (Å²) < 4.78 is 0.941. The van der Waals surface area contributed by atoms with Gasteiger partial charge in [0, 0.05) is 17.4 Å². The number of benzene rings is 1. The van der Waals surface area contributed by atoms with Gasteiger partial charge < -0.3 is 5.32 Å². The molecule has 3 amide bonds. The summed E-state index contributed by atoms with van der Waals surface area (Å²) in [6, 6.07) is 7.59. The molecule has 6 heteroatoms. The van der Waals surface area contributed by atoms with E-state index >= 15 is 0 Å². The van der Waals surface area contributed by atoms with E-state index in [1.54, 1.807) is 0 Å². The fourth-order valence-electron chi connectivity index (χ4n) is 3.88. The minimum absolute atomic E-state index is 0.0821. The van der Waals surface area contributed by atoms with Crippen molar-refractivity contribution in [2.75, 3.05) is 6.54 Å². The number of imide groups is 1. The molecule has 0 unspecified atom stereocenters. The van der Waals surface area contributed by atoms with Crippen LogP contribution in [0.1, 0.15) is 50.6 Å². The molecule has 0 spiro atoms. The quantitative estimate of drug-likeness (QED) is 0.763. The molecule has 3 atom stereocenters. The van der Waals surface area contributed by atoms with Crippen LogP contribution in [0.4, 0.5) is 0 Å². The highest BCUT2D eigenvalue weighted by Gasteiger charge is 2.47. The molecule has 1 heterocycles. The number of hydrogen-bond acceptors (Lipinski definition) is 3. The predicted octanol–water partition coefficient (Wildman–Crippen LogP) is 3.19. The molecule has 1 saturated carbocycles. The topological polar surface area (TPSA) is 66.5 Å². The Kier molecular flexibility index (Phi) is 5.57. The first-order chi connectivity index (χ1) is 12.0. The van der Waals surface area contributed by atoms with E-state index < -0.39 is 0 Å². The minimum atomic E-state index is -0.154. The van der Waals surface area contributed by atoms with Crippen molar-refractivity contribution in [3.8, 4) is 0 Å². The third-order valence-electron chi connectivity index (χ3n) is 5.24. The smallest absolute Gasteiger partial charge is 0.233 e. The van der Waals surface area contributed by atoms with Crippen molar-refractivity contribution < 1.29 is 14.4 Å². The Morgan fingerprint density at radius 1 is 1.20 bits per heavy atom. The van der Waals surface area contributed by atoms with Gasteiger partial charge in [-0.3, -0.25) is 19.3 Å². The number of nitrogens with one attached hydrogen (secondary N) is 1. The van der Waals surface area contributed by atoms with Crippen molar-refractivity contribution in [1.82, 2.24) is 10.2 Å². The number of carbonyl (C=O) groups excluding carboxylic acids is 3. The molecule has 0 aromatic heterocycles. The average molecular weight is 407 g/mol. The summed E-state index contributed by atoms with van der Waals surface area (Å²) in [5, 5.41) is 2.94. The second-order valence-corrected chi connectivity index (χ2v) is 7.74. The highest BCUT2D eigenvalue weighted by molar-refractivity contribution is 9.10. The maximum Gasteiger partial charge on any atom is 0.233 e. The molecule has 0 bridgehead atoms. The number of hydrogen-bond donors (Lipinski definition) is 1. The van der Waals surface area contributed by atoms with Gasteiger partial charge in [0.25, 0.3) is 0 Å². The first-order valence-electron chi connectivity index (χ1n) is 8.88. The van der Waals surface area contributed by atoms with Gasteiger partial charge in [-0.25, -0.2) is 0 Å². The second kappa shape index (κ2) is 7.68. The van der Waals surface area contributed by atoms with Crippen molar-refractivity contribution in [2.45, 2.75) is 45.1 Å². The lowest BCUT2D eigenvalue weighted by Crippen LogP contribution is -2.36. The van der Waals surface area contributed by atoms with E-state index in [0.29, 0.717) is 0 Å². The third-order valence-corrected chi connectivity index (χ3v) is 5.97. The first kappa shape index (κ1) is 18.1. The highest BCUT2D eigenvalue weighted by atomic mass is 79.9. The van der Waals surface area contributed by atoms with Crippen LogP contribution in [0.3, 0.4) is 0 Å². The lowest BCUT2D eigenvalue weighted by Gasteiger charge is -2.19. The van der Waals surface area contributed by atoms with E-state index in [2.05, 4.69) is 21.2 Å². The van der Waals surface area contributed by atoms with Gasteiger partial charge in [-0.2, -0.15) is 0 Å². The van der Waals surface area contributed by atoms with Gasteiger partial charge in [0.15, 0.2) is 0 Å². The molecular weight excluding hydrogens is 384 g/mol. The Morgan fingerprint density at radius 3 is 2.40 bits per heavy atom. The monoisotopic (exact) mass is 406 g/mol. The summed E-state index contributed by atoms with van der Waals surface area (Å²) in [4.78, 5) is 38.4. The molecule has 1 aromatic carbocycles. The molecule has 25 heavy (non-hydrogen) atoms. The van der Waals surface area contributed by atoms with Crippen molar-refractivity contribution in [3.63, 3.8) is 0 Å². The molecule has 134 valence electrons. The van der Waals surface area contributed by atoms with Crippen LogP contribution >= 0.6 is 15.9 Å². The number of carbonyl (C=O) groups is 3. The number of nitrogens with zero attached hydrogens (tertiary/aromatic N) is 1. The molecule has 5 nitrogen and oxygen atoms in total. The van der Waals surface area contributed by atoms with Crippen LogP contribution < -0.4 is 5.32 Å². The zero-order chi connectivity index (χ0) is 18.0. The summed E-state index contributed by atoms with van der Waals surface area (Å²) >= 11 is 3.48. The summed E-state index contributed by atoms with van der Waals surface area (Å²) in [7, 11) is 0. The maximum atomic E-state index is 12.4. The van der Waals surface area contributed by atoms with Gasteiger partial charge in [0.1, 0.15) is 0 Å². The lowest BCUT2D eigenvalue weighted by atomic mass is 9.81. The van der Waals surface area contributed by atoms with E-state index in [-0.39, 0.29) is 48.6 Å². The van der Waals surface area contributed by atoms with Crippen LogP contribution in [-0.4, -0.2) is 29.2 Å². The Hall–Kier alpha value is -1.69. The van der Waals surface area contributed by atoms with Crippen LogP contribution in [0.25, 0.3) is 0 Å². The Labute approximate surface area is 156 Å². The van der Waals surface area contributed by atoms with E-state index in [4.69, 9.17) is 0 Å². The van der Waals surface area contributed by atoms with E-state index in [0.717, 1.165) is 35.7 Å². The van der Waals surface area contributed by atoms with Crippen LogP contribution in [0, 0.1) is 11.8 Å². The molecule has 3 rings (SSSR count). The number of likely N-dealkylation sites (tertiary alicyclic amines) is 1. The van der Waals surface area contributed by atoms with Gasteiger partial charge in [-0.05, 0) is 31.4 Å². The Morgan fingerprint density at radius 2 is 1.80 bits per heavy atom. The van der Waals surface area contributed by atoms with E-state index in [1.165, 1.54) is 4.90 Å². The molecule has 2 fully saturated rings. The van der Waals surface area contributed by atoms with Crippen molar-refractivity contribution >= 4 is 33.7 Å². The van der Waals surface area contributed by atoms with E-state index in [9.17, 15) is 14.4 Å². The fraction of sp³-hybridized carbons (Fsp3) is 0.526. The van der Waals surface area contributed by atoms with Crippen LogP contribution in [-0.2, 0) is 14.4 Å². The van der Waals surface area contributed by atoms with Gasteiger partial charge in [-0.1, -0.05) is 47.0 Å². The van der Waals surface area contributed by atoms with Gasteiger partial charge in [-0.15, -0.1) is 0 Å². The SMILES string of the molecule is C[C@H](NC(=O)CCN1C(=O)[C@H]2CCCC[C@@H]2C1=O)c1ccccc1Br. The standard InChI is InChI=1S/C19H23BrN2O3/c1-12(13-6-4-5-9-16(13)20)21-17(23)10-11-22-18(24)14-7-2-3-8-15(14)19(22)25/h4-6,9,12,14-15H,2-3,7-8,10-11H2,1H3,(H,21,23)/t12-,14-,15-/m0/s1. The maximum absolute atomic E-state index is 12.4. The fourth-order valence-corrected chi connectivity index (χ4v) is 4.51. The molecule has 1 aliphatic carbocycles. The summed E-state index contributed by atoms with van der Waals surface area (Å²) in [5.41, 5.74) is 0.996. The lowest BCUT2D eigenvalue weighted by molar-refractivity contribution is -0.140. The highest BCUT2D eigenvalue weighted by Crippen LogP contribution is 2.38.